The minimum atomic E-state index is 0.764. The zero-order chi connectivity index (χ0) is 21.5. The lowest BCUT2D eigenvalue weighted by Crippen LogP contribution is -2.52. The van der Waals surface area contributed by atoms with Crippen molar-refractivity contribution in [2.24, 2.45) is 4.99 Å². The molecule has 0 spiro atoms. The fourth-order valence-corrected chi connectivity index (χ4v) is 3.89. The Kier molecular flexibility index (Phi) is 6.86. The minimum Gasteiger partial charge on any atom is -0.497 e. The van der Waals surface area contributed by atoms with Crippen molar-refractivity contribution in [2.75, 3.05) is 51.3 Å². The first-order valence-electron chi connectivity index (χ1n) is 11.0. The van der Waals surface area contributed by atoms with Crippen LogP contribution in [0.2, 0.25) is 0 Å². The quantitative estimate of drug-likeness (QED) is 0.359. The highest BCUT2D eigenvalue weighted by Gasteiger charge is 2.20. The molecule has 1 N–H and O–H groups in total. The first kappa shape index (κ1) is 21.0. The van der Waals surface area contributed by atoms with Gasteiger partial charge in [0.1, 0.15) is 11.6 Å². The van der Waals surface area contributed by atoms with Crippen molar-refractivity contribution in [2.45, 2.75) is 19.8 Å². The number of nitrogens with one attached hydrogen (secondary N) is 1. The maximum atomic E-state index is 5.37. The van der Waals surface area contributed by atoms with Gasteiger partial charge in [0.05, 0.1) is 7.11 Å². The summed E-state index contributed by atoms with van der Waals surface area (Å²) in [4.78, 5) is 9.63. The monoisotopic (exact) mass is 421 g/mol. The molecule has 3 aromatic rings. The number of anilines is 1. The van der Waals surface area contributed by atoms with E-state index >= 15 is 0 Å². The lowest BCUT2D eigenvalue weighted by Gasteiger charge is -2.37. The summed E-state index contributed by atoms with van der Waals surface area (Å²) in [5, 5.41) is 12.0. The largest absolute Gasteiger partial charge is 0.497 e. The lowest BCUT2D eigenvalue weighted by molar-refractivity contribution is 0.372. The molecule has 4 rings (SSSR count). The molecule has 1 saturated heterocycles. The molecule has 31 heavy (non-hydrogen) atoms. The van der Waals surface area contributed by atoms with E-state index < -0.39 is 0 Å². The van der Waals surface area contributed by atoms with Crippen LogP contribution in [0.3, 0.4) is 0 Å². The van der Waals surface area contributed by atoms with Gasteiger partial charge in [0.2, 0.25) is 0 Å². The van der Waals surface area contributed by atoms with Gasteiger partial charge < -0.3 is 19.9 Å². The summed E-state index contributed by atoms with van der Waals surface area (Å²) in [6.45, 7) is 7.55. The van der Waals surface area contributed by atoms with Gasteiger partial charge in [-0.3, -0.25) is 9.39 Å². The summed E-state index contributed by atoms with van der Waals surface area (Å²) >= 11 is 0. The molecule has 0 bridgehead atoms. The first-order chi connectivity index (χ1) is 15.3. The third kappa shape index (κ3) is 5.07. The van der Waals surface area contributed by atoms with E-state index in [1.807, 2.05) is 40.9 Å². The molecule has 164 valence electrons. The summed E-state index contributed by atoms with van der Waals surface area (Å²) in [6.07, 6.45) is 3.81. The molecule has 0 unspecified atom stereocenters. The number of hydrogen-bond donors (Lipinski definition) is 1. The Hall–Kier alpha value is -3.29. The van der Waals surface area contributed by atoms with Crippen molar-refractivity contribution in [1.82, 2.24) is 24.8 Å². The molecule has 2 aromatic heterocycles. The Balaban J connectivity index is 1.31. The van der Waals surface area contributed by atoms with Crippen LogP contribution in [0.5, 0.6) is 5.75 Å². The highest BCUT2D eigenvalue weighted by Crippen LogP contribution is 2.22. The van der Waals surface area contributed by atoms with E-state index in [0.29, 0.717) is 0 Å². The summed E-state index contributed by atoms with van der Waals surface area (Å²) in [7, 11) is 1.71. The van der Waals surface area contributed by atoms with E-state index in [-0.39, 0.29) is 0 Å². The van der Waals surface area contributed by atoms with Gasteiger partial charge in [-0.15, -0.1) is 10.2 Å². The third-order valence-electron chi connectivity index (χ3n) is 5.54. The second-order valence-corrected chi connectivity index (χ2v) is 7.56. The first-order valence-corrected chi connectivity index (χ1v) is 11.0. The topological polar surface area (TPSA) is 70.3 Å². The number of nitrogens with zero attached hydrogens (tertiary/aromatic N) is 6. The number of guanidine groups is 1. The summed E-state index contributed by atoms with van der Waals surface area (Å²) < 4.78 is 7.41. The van der Waals surface area contributed by atoms with Crippen LogP contribution in [0.25, 0.3) is 5.65 Å². The third-order valence-corrected chi connectivity index (χ3v) is 5.54. The van der Waals surface area contributed by atoms with Gasteiger partial charge in [0.25, 0.3) is 0 Å². The number of hydrogen-bond acceptors (Lipinski definition) is 5. The minimum absolute atomic E-state index is 0.764. The van der Waals surface area contributed by atoms with Gasteiger partial charge in [-0.05, 0) is 37.6 Å². The molecule has 0 amide bonds. The van der Waals surface area contributed by atoms with Crippen LogP contribution in [0, 0.1) is 0 Å². The number of aryl methyl sites for hydroxylation is 1. The molecule has 0 radical (unpaired) electrons. The van der Waals surface area contributed by atoms with Crippen LogP contribution in [-0.4, -0.2) is 71.8 Å². The zero-order valence-electron chi connectivity index (χ0n) is 18.4. The van der Waals surface area contributed by atoms with E-state index in [1.54, 1.807) is 7.11 Å². The van der Waals surface area contributed by atoms with Gasteiger partial charge in [-0.25, -0.2) is 0 Å². The molecule has 0 aliphatic carbocycles. The van der Waals surface area contributed by atoms with Crippen LogP contribution < -0.4 is 15.0 Å². The van der Waals surface area contributed by atoms with E-state index in [0.717, 1.165) is 75.3 Å². The number of aromatic nitrogens is 3. The number of methoxy groups -OCH3 is 1. The number of rotatable bonds is 7. The zero-order valence-corrected chi connectivity index (χ0v) is 18.4. The van der Waals surface area contributed by atoms with Gasteiger partial charge in [-0.1, -0.05) is 12.1 Å². The normalized spacial score (nSPS) is 14.8. The Labute approximate surface area is 183 Å². The predicted octanol–water partition coefficient (Wildman–Crippen LogP) is 2.46. The summed E-state index contributed by atoms with van der Waals surface area (Å²) in [6, 6.07) is 14.2. The van der Waals surface area contributed by atoms with Crippen molar-refractivity contribution < 1.29 is 4.74 Å². The fraction of sp³-hybridized carbons (Fsp3) is 0.435. The smallest absolute Gasteiger partial charge is 0.194 e. The van der Waals surface area contributed by atoms with Gasteiger partial charge in [0.15, 0.2) is 11.6 Å². The summed E-state index contributed by atoms with van der Waals surface area (Å²) in [5.41, 5.74) is 2.10. The maximum Gasteiger partial charge on any atom is 0.194 e. The number of aliphatic imine (C=N–C) groups is 1. The molecule has 3 heterocycles. The molecule has 8 heteroatoms. The van der Waals surface area contributed by atoms with Gasteiger partial charge in [0, 0.05) is 63.6 Å². The van der Waals surface area contributed by atoms with Crippen LogP contribution in [0.4, 0.5) is 5.69 Å². The Bertz CT molecular complexity index is 1010. The molecular formula is C23H31N7O. The average molecular weight is 422 g/mol. The van der Waals surface area contributed by atoms with Gasteiger partial charge in [-0.2, -0.15) is 0 Å². The van der Waals surface area contributed by atoms with E-state index in [1.165, 1.54) is 5.69 Å². The predicted molar refractivity (Wildman–Crippen MR) is 124 cm³/mol. The van der Waals surface area contributed by atoms with Gasteiger partial charge >= 0.3 is 0 Å². The molecule has 0 saturated carbocycles. The molecular weight excluding hydrogens is 390 g/mol. The number of ether oxygens (including phenoxy) is 1. The van der Waals surface area contributed by atoms with Crippen molar-refractivity contribution in [3.05, 3.63) is 54.5 Å². The molecule has 1 aromatic carbocycles. The molecule has 1 fully saturated rings. The fourth-order valence-electron chi connectivity index (χ4n) is 3.89. The maximum absolute atomic E-state index is 5.37. The van der Waals surface area contributed by atoms with Crippen molar-refractivity contribution in [3.63, 3.8) is 0 Å². The Morgan fingerprint density at radius 2 is 1.97 bits per heavy atom. The lowest BCUT2D eigenvalue weighted by atomic mass is 10.2. The van der Waals surface area contributed by atoms with Crippen LogP contribution in [0.1, 0.15) is 19.2 Å². The standard InChI is InChI=1S/C23H31N7O/c1-3-24-23(25-12-7-11-22-27-26-21-10-4-5-13-30(21)22)29-16-14-28(15-17-29)19-8-6-9-20(18-19)31-2/h4-6,8-10,13,18H,3,7,11-12,14-17H2,1-2H3,(H,24,25). The number of pyridine rings is 1. The summed E-state index contributed by atoms with van der Waals surface area (Å²) in [5.74, 6) is 2.89. The number of fused-ring (bicyclic) bond motifs is 1. The molecule has 1 aliphatic rings. The van der Waals surface area contributed by atoms with E-state index in [2.05, 4.69) is 44.4 Å². The molecule has 1 aliphatic heterocycles. The average Bonchev–Trinajstić information content (AvgIpc) is 3.24. The molecule has 8 nitrogen and oxygen atoms in total. The second-order valence-electron chi connectivity index (χ2n) is 7.56. The Morgan fingerprint density at radius 1 is 1.10 bits per heavy atom. The van der Waals surface area contributed by atoms with Crippen LogP contribution in [-0.2, 0) is 6.42 Å². The van der Waals surface area contributed by atoms with Crippen molar-refractivity contribution in [3.8, 4) is 5.75 Å². The highest BCUT2D eigenvalue weighted by molar-refractivity contribution is 5.80. The number of piperazine rings is 1. The van der Waals surface area contributed by atoms with Crippen molar-refractivity contribution >= 4 is 17.3 Å². The van der Waals surface area contributed by atoms with Crippen molar-refractivity contribution in [1.29, 1.82) is 0 Å². The number of benzene rings is 1. The highest BCUT2D eigenvalue weighted by atomic mass is 16.5. The SMILES string of the molecule is CCNC(=NCCCc1nnc2ccccn12)N1CCN(c2cccc(OC)c2)CC1. The molecule has 0 atom stereocenters. The van der Waals surface area contributed by atoms with E-state index in [9.17, 15) is 0 Å². The van der Waals surface area contributed by atoms with E-state index in [4.69, 9.17) is 9.73 Å². The van der Waals surface area contributed by atoms with Crippen LogP contribution in [0.15, 0.2) is 53.7 Å². The Morgan fingerprint density at radius 3 is 2.77 bits per heavy atom. The second kappa shape index (κ2) is 10.1. The van der Waals surface area contributed by atoms with Crippen LogP contribution >= 0.6 is 0 Å².